The van der Waals surface area contributed by atoms with E-state index in [0.717, 1.165) is 10.7 Å². The molecule has 0 bridgehead atoms. The molecule has 4 rings (SSSR count). The predicted molar refractivity (Wildman–Crippen MR) is 117 cm³/mol. The van der Waals surface area contributed by atoms with Crippen molar-refractivity contribution in [3.05, 3.63) is 68.2 Å². The monoisotopic (exact) mass is 481 g/mol. The topological polar surface area (TPSA) is 65.6 Å². The normalized spacial score (nSPS) is 12.2. The lowest BCUT2D eigenvalue weighted by molar-refractivity contribution is -0.141. The summed E-state index contributed by atoms with van der Waals surface area (Å²) in [7, 11) is 0. The quantitative estimate of drug-likeness (QED) is 0.367. The van der Waals surface area contributed by atoms with Crippen LogP contribution in [0.1, 0.15) is 31.1 Å². The number of hydrogen-bond donors (Lipinski definition) is 0. The van der Waals surface area contributed by atoms with Crippen LogP contribution < -0.4 is 5.56 Å². The lowest BCUT2D eigenvalue weighted by Gasteiger charge is -2.18. The number of pyridine rings is 1. The van der Waals surface area contributed by atoms with Crippen molar-refractivity contribution in [2.75, 3.05) is 0 Å². The van der Waals surface area contributed by atoms with Crippen LogP contribution in [0.2, 0.25) is 10.0 Å². The fraction of sp³-hybridized carbons (Fsp3) is 0.238. The Morgan fingerprint density at radius 1 is 1.12 bits per heavy atom. The summed E-state index contributed by atoms with van der Waals surface area (Å²) < 4.78 is 43.0. The van der Waals surface area contributed by atoms with E-state index in [1.165, 1.54) is 22.9 Å². The summed E-state index contributed by atoms with van der Waals surface area (Å²) >= 11 is 12.3. The van der Waals surface area contributed by atoms with Crippen LogP contribution in [0.4, 0.5) is 13.2 Å². The van der Waals surface area contributed by atoms with E-state index in [0.29, 0.717) is 16.1 Å². The minimum Gasteiger partial charge on any atom is -0.288 e. The molecule has 0 unspecified atom stereocenters. The molecule has 0 aliphatic rings. The standard InChI is InChI=1S/C21H16Cl2F3N5O/c1-10(2)30-19(28-17-11(3)7-12(22)8-13(17)20(30)32)15-9-16(21(24,25)26)29-31(15)18-14(23)5-4-6-27-18/h4-10H,1-3H3. The molecule has 0 aliphatic carbocycles. The average Bonchev–Trinajstić information content (AvgIpc) is 3.14. The third-order valence-corrected chi connectivity index (χ3v) is 5.36. The van der Waals surface area contributed by atoms with E-state index in [9.17, 15) is 18.0 Å². The van der Waals surface area contributed by atoms with E-state index in [-0.39, 0.29) is 27.7 Å². The van der Waals surface area contributed by atoms with Crippen molar-refractivity contribution >= 4 is 34.1 Å². The summed E-state index contributed by atoms with van der Waals surface area (Å²) in [4.78, 5) is 22.0. The van der Waals surface area contributed by atoms with Gasteiger partial charge in [0.1, 0.15) is 5.69 Å². The van der Waals surface area contributed by atoms with Gasteiger partial charge in [-0.2, -0.15) is 18.3 Å². The van der Waals surface area contributed by atoms with Gasteiger partial charge >= 0.3 is 6.18 Å². The first-order valence-electron chi connectivity index (χ1n) is 9.50. The van der Waals surface area contributed by atoms with Crippen LogP contribution in [0.15, 0.2) is 41.3 Å². The molecule has 0 saturated heterocycles. The van der Waals surface area contributed by atoms with E-state index in [4.69, 9.17) is 23.2 Å². The molecule has 0 saturated carbocycles. The van der Waals surface area contributed by atoms with Crippen molar-refractivity contribution in [3.8, 4) is 17.3 Å². The Morgan fingerprint density at radius 3 is 2.47 bits per heavy atom. The van der Waals surface area contributed by atoms with Gasteiger partial charge in [0.2, 0.25) is 0 Å². The highest BCUT2D eigenvalue weighted by atomic mass is 35.5. The Kier molecular flexibility index (Phi) is 5.50. The summed E-state index contributed by atoms with van der Waals surface area (Å²) in [5, 5.41) is 4.43. The molecule has 0 atom stereocenters. The predicted octanol–water partition coefficient (Wildman–Crippen LogP) is 5.86. The third-order valence-electron chi connectivity index (χ3n) is 4.85. The molecule has 0 aliphatic heterocycles. The first-order chi connectivity index (χ1) is 15.0. The highest BCUT2D eigenvalue weighted by Gasteiger charge is 2.36. The molecule has 0 N–H and O–H groups in total. The smallest absolute Gasteiger partial charge is 0.288 e. The zero-order valence-electron chi connectivity index (χ0n) is 17.1. The molecule has 11 heteroatoms. The molecular formula is C21H16Cl2F3N5O. The number of hydrogen-bond acceptors (Lipinski definition) is 4. The van der Waals surface area contributed by atoms with Crippen LogP contribution in [0.5, 0.6) is 0 Å². The Labute approximate surface area is 190 Å². The Hall–Kier alpha value is -2.91. The summed E-state index contributed by atoms with van der Waals surface area (Å²) in [6.07, 6.45) is -3.35. The summed E-state index contributed by atoms with van der Waals surface area (Å²) in [5.74, 6) is -0.00945. The molecule has 3 heterocycles. The fourth-order valence-corrected chi connectivity index (χ4v) is 3.94. The van der Waals surface area contributed by atoms with E-state index in [1.54, 1.807) is 32.9 Å². The summed E-state index contributed by atoms with van der Waals surface area (Å²) in [6, 6.07) is 6.57. The fourth-order valence-electron chi connectivity index (χ4n) is 3.47. The number of benzene rings is 1. The molecular weight excluding hydrogens is 466 g/mol. The molecule has 1 aromatic carbocycles. The van der Waals surface area contributed by atoms with Gasteiger partial charge in [0.15, 0.2) is 17.3 Å². The average molecular weight is 482 g/mol. The number of nitrogens with zero attached hydrogens (tertiary/aromatic N) is 5. The molecule has 4 aromatic rings. The minimum absolute atomic E-state index is 0.00708. The second-order valence-electron chi connectivity index (χ2n) is 7.46. The van der Waals surface area contributed by atoms with Gasteiger partial charge in [-0.1, -0.05) is 23.2 Å². The second kappa shape index (κ2) is 7.90. The van der Waals surface area contributed by atoms with Crippen LogP contribution in [0, 0.1) is 6.92 Å². The molecule has 3 aromatic heterocycles. The highest BCUT2D eigenvalue weighted by molar-refractivity contribution is 6.32. The van der Waals surface area contributed by atoms with Crippen molar-refractivity contribution in [1.29, 1.82) is 0 Å². The van der Waals surface area contributed by atoms with Crippen molar-refractivity contribution in [2.45, 2.75) is 33.0 Å². The van der Waals surface area contributed by atoms with Gasteiger partial charge in [-0.15, -0.1) is 0 Å². The molecule has 32 heavy (non-hydrogen) atoms. The van der Waals surface area contributed by atoms with Crippen molar-refractivity contribution < 1.29 is 13.2 Å². The van der Waals surface area contributed by atoms with Crippen LogP contribution in [-0.2, 0) is 6.18 Å². The van der Waals surface area contributed by atoms with Gasteiger partial charge in [-0.25, -0.2) is 14.6 Å². The highest BCUT2D eigenvalue weighted by Crippen LogP contribution is 2.34. The van der Waals surface area contributed by atoms with E-state index < -0.39 is 23.5 Å². The molecule has 0 amide bonds. The van der Waals surface area contributed by atoms with Gasteiger partial charge in [-0.3, -0.25) is 9.36 Å². The van der Waals surface area contributed by atoms with Gasteiger partial charge in [0.25, 0.3) is 5.56 Å². The SMILES string of the molecule is Cc1cc(Cl)cc2c(=O)n(C(C)C)c(-c3cc(C(F)(F)F)nn3-c3ncccc3Cl)nc12. The summed E-state index contributed by atoms with van der Waals surface area (Å²) in [6.45, 7) is 5.18. The lowest BCUT2D eigenvalue weighted by atomic mass is 10.1. The Balaban J connectivity index is 2.15. The van der Waals surface area contributed by atoms with Gasteiger partial charge in [-0.05, 0) is 50.6 Å². The molecule has 6 nitrogen and oxygen atoms in total. The third kappa shape index (κ3) is 3.75. The number of rotatable bonds is 3. The maximum atomic E-state index is 13.6. The largest absolute Gasteiger partial charge is 0.435 e. The van der Waals surface area contributed by atoms with Crippen LogP contribution in [0.3, 0.4) is 0 Å². The zero-order valence-corrected chi connectivity index (χ0v) is 18.6. The number of aryl methyl sites for hydroxylation is 1. The van der Waals surface area contributed by atoms with Crippen molar-refractivity contribution in [3.63, 3.8) is 0 Å². The Bertz CT molecular complexity index is 1410. The van der Waals surface area contributed by atoms with Gasteiger partial charge in [0, 0.05) is 23.3 Å². The maximum Gasteiger partial charge on any atom is 0.435 e. The number of fused-ring (bicyclic) bond motifs is 1. The van der Waals surface area contributed by atoms with Crippen LogP contribution in [0.25, 0.3) is 28.2 Å². The zero-order chi connectivity index (χ0) is 23.4. The van der Waals surface area contributed by atoms with Crippen LogP contribution in [-0.4, -0.2) is 24.3 Å². The van der Waals surface area contributed by atoms with E-state index in [1.807, 2.05) is 0 Å². The number of aromatic nitrogens is 5. The van der Waals surface area contributed by atoms with E-state index >= 15 is 0 Å². The summed E-state index contributed by atoms with van der Waals surface area (Å²) in [5.41, 5.74) is -0.717. The molecule has 0 spiro atoms. The first kappa shape index (κ1) is 22.3. The maximum absolute atomic E-state index is 13.6. The first-order valence-corrected chi connectivity index (χ1v) is 10.3. The minimum atomic E-state index is -4.73. The molecule has 0 fully saturated rings. The van der Waals surface area contributed by atoms with Gasteiger partial charge in [0.05, 0.1) is 15.9 Å². The molecule has 0 radical (unpaired) electrons. The van der Waals surface area contributed by atoms with Crippen molar-refractivity contribution in [1.82, 2.24) is 24.3 Å². The molecule has 166 valence electrons. The number of halogens is 5. The Morgan fingerprint density at radius 2 is 1.84 bits per heavy atom. The second-order valence-corrected chi connectivity index (χ2v) is 8.30. The lowest BCUT2D eigenvalue weighted by Crippen LogP contribution is -2.26. The van der Waals surface area contributed by atoms with Crippen molar-refractivity contribution in [2.24, 2.45) is 0 Å². The van der Waals surface area contributed by atoms with E-state index in [2.05, 4.69) is 15.1 Å². The number of alkyl halides is 3. The van der Waals surface area contributed by atoms with Crippen LogP contribution >= 0.6 is 23.2 Å². The van der Waals surface area contributed by atoms with Gasteiger partial charge < -0.3 is 0 Å².